The number of furan rings is 1. The van der Waals surface area contributed by atoms with Crippen molar-refractivity contribution in [1.82, 2.24) is 15.2 Å². The van der Waals surface area contributed by atoms with E-state index in [4.69, 9.17) is 16.6 Å². The van der Waals surface area contributed by atoms with Crippen LogP contribution in [0.3, 0.4) is 0 Å². The number of carbonyl (C=O) groups is 1. The van der Waals surface area contributed by atoms with Crippen LogP contribution in [0, 0.1) is 0 Å². The van der Waals surface area contributed by atoms with Crippen LogP contribution in [0.5, 0.6) is 0 Å². The van der Waals surface area contributed by atoms with Crippen molar-refractivity contribution in [2.24, 2.45) is 0 Å². The Morgan fingerprint density at radius 2 is 1.89 bits per heavy atom. The third-order valence-electron chi connectivity index (χ3n) is 6.19. The topological polar surface area (TPSA) is 90.6 Å². The summed E-state index contributed by atoms with van der Waals surface area (Å²) < 4.78 is 6.32. The van der Waals surface area contributed by atoms with Gasteiger partial charge in [-0.25, -0.2) is 4.79 Å². The summed E-state index contributed by atoms with van der Waals surface area (Å²) in [4.78, 5) is 18.1. The van der Waals surface area contributed by atoms with Gasteiger partial charge in [0, 0.05) is 30.5 Å². The number of pyridine rings is 1. The fourth-order valence-corrected chi connectivity index (χ4v) is 4.80. The summed E-state index contributed by atoms with van der Waals surface area (Å²) in [5.41, 5.74) is 2.89. The number of para-hydroxylation sites is 1. The highest BCUT2D eigenvalue weighted by Crippen LogP contribution is 2.40. The van der Waals surface area contributed by atoms with Crippen molar-refractivity contribution in [3.05, 3.63) is 108 Å². The maximum Gasteiger partial charge on any atom is 0.335 e. The second-order valence-electron chi connectivity index (χ2n) is 8.55. The number of aromatic carboxylic acids is 1. The first-order chi connectivity index (χ1) is 17.6. The van der Waals surface area contributed by atoms with E-state index in [9.17, 15) is 9.90 Å². The lowest BCUT2D eigenvalue weighted by Crippen LogP contribution is -2.31. The highest BCUT2D eigenvalue weighted by Gasteiger charge is 2.41. The van der Waals surface area contributed by atoms with Crippen LogP contribution in [-0.2, 0) is 0 Å². The monoisotopic (exact) mass is 498 g/mol. The molecule has 2 aromatic heterocycles. The van der Waals surface area contributed by atoms with Gasteiger partial charge < -0.3 is 25.1 Å². The number of nitrogens with zero attached hydrogens (tertiary/aromatic N) is 2. The van der Waals surface area contributed by atoms with Crippen molar-refractivity contribution in [3.8, 4) is 11.3 Å². The van der Waals surface area contributed by atoms with Gasteiger partial charge in [-0.2, -0.15) is 0 Å². The predicted octanol–water partition coefficient (Wildman–Crippen LogP) is 5.51. The van der Waals surface area contributed by atoms with E-state index in [1.807, 2.05) is 66.7 Å². The van der Waals surface area contributed by atoms with Crippen molar-refractivity contribution in [3.63, 3.8) is 0 Å². The molecule has 7 nitrogen and oxygen atoms in total. The molecule has 3 heterocycles. The third-order valence-corrected chi connectivity index (χ3v) is 6.54. The van der Waals surface area contributed by atoms with Gasteiger partial charge in [-0.05, 0) is 67.2 Å². The van der Waals surface area contributed by atoms with Crippen molar-refractivity contribution >= 4 is 29.0 Å². The smallest absolute Gasteiger partial charge is 0.335 e. The lowest BCUT2D eigenvalue weighted by Gasteiger charge is -2.26. The maximum absolute atomic E-state index is 11.4. The van der Waals surface area contributed by atoms with Gasteiger partial charge in [-0.15, -0.1) is 0 Å². The van der Waals surface area contributed by atoms with Crippen molar-refractivity contribution in [2.75, 3.05) is 18.4 Å². The lowest BCUT2D eigenvalue weighted by molar-refractivity contribution is 0.0697. The number of thiocarbonyl (C=S) groups is 1. The number of benzene rings is 2. The quantitative estimate of drug-likeness (QED) is 0.205. The molecule has 1 aliphatic heterocycles. The van der Waals surface area contributed by atoms with Gasteiger partial charge in [-0.1, -0.05) is 36.4 Å². The molecule has 5 rings (SSSR count). The average molecular weight is 499 g/mol. The minimum atomic E-state index is -0.973. The van der Waals surface area contributed by atoms with Crippen LogP contribution in [0.1, 0.15) is 40.3 Å². The molecule has 1 aliphatic rings. The molecule has 0 amide bonds. The Morgan fingerprint density at radius 3 is 2.67 bits per heavy atom. The third kappa shape index (κ3) is 5.08. The van der Waals surface area contributed by atoms with E-state index in [0.717, 1.165) is 36.7 Å². The molecule has 3 N–H and O–H groups in total. The Balaban J connectivity index is 1.39. The van der Waals surface area contributed by atoms with Crippen LogP contribution >= 0.6 is 12.2 Å². The van der Waals surface area contributed by atoms with Crippen LogP contribution in [0.2, 0.25) is 0 Å². The fourth-order valence-electron chi connectivity index (χ4n) is 4.47. The van der Waals surface area contributed by atoms with Gasteiger partial charge in [0.25, 0.3) is 0 Å². The Bertz CT molecular complexity index is 1340. The summed E-state index contributed by atoms with van der Waals surface area (Å²) >= 11 is 5.74. The Labute approximate surface area is 214 Å². The van der Waals surface area contributed by atoms with E-state index in [0.29, 0.717) is 16.4 Å². The summed E-state index contributed by atoms with van der Waals surface area (Å²) in [5.74, 6) is 0.376. The van der Waals surface area contributed by atoms with E-state index in [1.54, 1.807) is 24.4 Å². The second kappa shape index (κ2) is 10.6. The van der Waals surface area contributed by atoms with Crippen LogP contribution in [0.4, 0.5) is 5.69 Å². The second-order valence-corrected chi connectivity index (χ2v) is 8.94. The molecule has 1 fully saturated rings. The zero-order chi connectivity index (χ0) is 24.9. The van der Waals surface area contributed by atoms with E-state index < -0.39 is 5.97 Å². The molecular formula is C28H26N4O3S. The average Bonchev–Trinajstić information content (AvgIpc) is 3.52. The molecule has 182 valence electrons. The number of anilines is 1. The zero-order valence-corrected chi connectivity index (χ0v) is 20.3. The van der Waals surface area contributed by atoms with Gasteiger partial charge in [-0.3, -0.25) is 4.98 Å². The molecule has 1 saturated heterocycles. The molecule has 0 unspecified atom stereocenters. The molecule has 0 spiro atoms. The zero-order valence-electron chi connectivity index (χ0n) is 19.5. The highest BCUT2D eigenvalue weighted by atomic mass is 32.1. The van der Waals surface area contributed by atoms with Crippen LogP contribution in [0.25, 0.3) is 11.3 Å². The summed E-state index contributed by atoms with van der Waals surface area (Å²) in [6, 6.07) is 26.1. The van der Waals surface area contributed by atoms with Gasteiger partial charge in [0.2, 0.25) is 0 Å². The maximum atomic E-state index is 11.4. The Kier molecular flexibility index (Phi) is 6.95. The Hall–Kier alpha value is -4.17. The number of aromatic nitrogens is 1. The molecule has 2 aromatic carbocycles. The predicted molar refractivity (Wildman–Crippen MR) is 143 cm³/mol. The van der Waals surface area contributed by atoms with Crippen LogP contribution < -0.4 is 10.6 Å². The summed E-state index contributed by atoms with van der Waals surface area (Å²) in [7, 11) is 0. The summed E-state index contributed by atoms with van der Waals surface area (Å²) in [5, 5.41) is 16.9. The summed E-state index contributed by atoms with van der Waals surface area (Å²) in [6.07, 6.45) is 2.64. The molecule has 0 radical (unpaired) electrons. The van der Waals surface area contributed by atoms with Crippen molar-refractivity contribution < 1.29 is 14.3 Å². The van der Waals surface area contributed by atoms with E-state index >= 15 is 0 Å². The number of hydrogen-bond donors (Lipinski definition) is 3. The van der Waals surface area contributed by atoms with E-state index in [1.165, 1.54) is 0 Å². The largest absolute Gasteiger partial charge is 0.478 e. The van der Waals surface area contributed by atoms with E-state index in [2.05, 4.69) is 20.5 Å². The number of nitrogens with one attached hydrogen (secondary N) is 2. The molecule has 2 atom stereocenters. The molecule has 8 heteroatoms. The minimum Gasteiger partial charge on any atom is -0.478 e. The van der Waals surface area contributed by atoms with Gasteiger partial charge in [0.05, 0.1) is 17.3 Å². The van der Waals surface area contributed by atoms with Crippen LogP contribution in [0.15, 0.2) is 95.5 Å². The number of hydrogen-bond acceptors (Lipinski definition) is 5. The normalized spacial score (nSPS) is 17.1. The van der Waals surface area contributed by atoms with Crippen molar-refractivity contribution in [2.45, 2.75) is 18.5 Å². The molecular weight excluding hydrogens is 472 g/mol. The Morgan fingerprint density at radius 1 is 1.06 bits per heavy atom. The van der Waals surface area contributed by atoms with Gasteiger partial charge in [0.15, 0.2) is 5.11 Å². The SMILES string of the molecule is O=C(O)c1cccc(-c2ccc([C@H]3[C@H](c4ccccn4)NC(=S)N3CCCNc3ccccc3)o2)c1. The lowest BCUT2D eigenvalue weighted by atomic mass is 10.0. The molecule has 0 bridgehead atoms. The number of rotatable bonds is 9. The molecule has 0 aliphatic carbocycles. The standard InChI is InChI=1S/C28H26N4O3S/c33-27(34)20-9-6-8-19(18-20)23-13-14-24(35-23)26-25(22-12-4-5-15-30-22)31-28(36)32(26)17-7-16-29-21-10-2-1-3-11-21/h1-6,8-15,18,25-26,29H,7,16-17H2,(H,31,36)(H,33,34)/t25-,26-/m0/s1. The first kappa shape index (κ1) is 23.6. The molecule has 4 aromatic rings. The van der Waals surface area contributed by atoms with Crippen LogP contribution in [-0.4, -0.2) is 39.2 Å². The summed E-state index contributed by atoms with van der Waals surface area (Å²) in [6.45, 7) is 1.53. The van der Waals surface area contributed by atoms with Gasteiger partial charge >= 0.3 is 5.97 Å². The van der Waals surface area contributed by atoms with Crippen molar-refractivity contribution in [1.29, 1.82) is 0 Å². The first-order valence-corrected chi connectivity index (χ1v) is 12.2. The first-order valence-electron chi connectivity index (χ1n) is 11.8. The molecule has 0 saturated carbocycles. The van der Waals surface area contributed by atoms with Gasteiger partial charge in [0.1, 0.15) is 17.6 Å². The molecule has 36 heavy (non-hydrogen) atoms. The van der Waals surface area contributed by atoms with E-state index in [-0.39, 0.29) is 17.6 Å². The highest BCUT2D eigenvalue weighted by molar-refractivity contribution is 7.80. The number of carboxylic acid groups (broad SMARTS) is 1. The number of carboxylic acids is 1. The minimum absolute atomic E-state index is 0.176. The fraction of sp³-hybridized carbons (Fsp3) is 0.179.